The number of carbonyl (C=O) groups excluding carboxylic acids is 1. The molecule has 3 aromatic rings. The van der Waals surface area contributed by atoms with Crippen LogP contribution < -0.4 is 10.6 Å². The molecule has 0 saturated carbocycles. The van der Waals surface area contributed by atoms with Gasteiger partial charge in [-0.25, -0.2) is 0 Å². The van der Waals surface area contributed by atoms with E-state index in [0.29, 0.717) is 0 Å². The fraction of sp³-hybridized carbons (Fsp3) is 0.250. The number of hydrogen-bond donors (Lipinski definition) is 2. The van der Waals surface area contributed by atoms with Gasteiger partial charge in [0.1, 0.15) is 0 Å². The van der Waals surface area contributed by atoms with Crippen molar-refractivity contribution in [2.24, 2.45) is 0 Å². The first kappa shape index (κ1) is 16.3. The van der Waals surface area contributed by atoms with Gasteiger partial charge in [-0.05, 0) is 42.1 Å². The number of para-hydroxylation sites is 1. The lowest BCUT2D eigenvalue weighted by Crippen LogP contribution is -2.20. The molecule has 0 atom stereocenters. The molecule has 1 heterocycles. The molecule has 1 aromatic heterocycles. The first-order valence-electron chi connectivity index (χ1n) is 8.25. The van der Waals surface area contributed by atoms with Crippen molar-refractivity contribution in [1.29, 1.82) is 0 Å². The van der Waals surface area contributed by atoms with E-state index < -0.39 is 0 Å². The summed E-state index contributed by atoms with van der Waals surface area (Å²) in [5.41, 5.74) is 4.62. The van der Waals surface area contributed by atoms with Crippen molar-refractivity contribution in [3.8, 4) is 0 Å². The van der Waals surface area contributed by atoms with Crippen LogP contribution >= 0.6 is 0 Å². The molecule has 1 amide bonds. The Hall–Kier alpha value is -2.59. The van der Waals surface area contributed by atoms with Crippen molar-refractivity contribution in [1.82, 2.24) is 9.88 Å². The Balaban J connectivity index is 1.53. The Labute approximate surface area is 142 Å². The maximum atomic E-state index is 11.0. The highest BCUT2D eigenvalue weighted by molar-refractivity contribution is 5.88. The minimum absolute atomic E-state index is 0.0461. The van der Waals surface area contributed by atoms with Crippen LogP contribution in [0.5, 0.6) is 0 Å². The molecule has 4 heteroatoms. The molecular formula is C20H23N3O. The number of nitrogens with one attached hydrogen (secondary N) is 2. The van der Waals surface area contributed by atoms with E-state index in [1.54, 1.807) is 0 Å². The van der Waals surface area contributed by atoms with E-state index in [-0.39, 0.29) is 5.91 Å². The Morgan fingerprint density at radius 1 is 1.08 bits per heavy atom. The van der Waals surface area contributed by atoms with Crippen LogP contribution in [0.15, 0.2) is 54.6 Å². The molecule has 0 radical (unpaired) electrons. The van der Waals surface area contributed by atoms with E-state index in [1.807, 2.05) is 24.3 Å². The number of fused-ring (bicyclic) bond motifs is 1. The summed E-state index contributed by atoms with van der Waals surface area (Å²) in [5.74, 6) is -0.0461. The van der Waals surface area contributed by atoms with E-state index in [2.05, 4.69) is 52.5 Å². The molecule has 0 fully saturated rings. The zero-order valence-electron chi connectivity index (χ0n) is 14.2. The molecule has 0 unspecified atom stereocenters. The molecule has 3 rings (SSSR count). The van der Waals surface area contributed by atoms with Crippen LogP contribution in [0.2, 0.25) is 0 Å². The lowest BCUT2D eigenvalue weighted by molar-refractivity contribution is -0.114. The highest BCUT2D eigenvalue weighted by Crippen LogP contribution is 2.18. The third-order valence-electron chi connectivity index (χ3n) is 4.13. The molecule has 2 N–H and O–H groups in total. The van der Waals surface area contributed by atoms with Gasteiger partial charge in [-0.2, -0.15) is 0 Å². The molecular weight excluding hydrogens is 298 g/mol. The Kier molecular flexibility index (Phi) is 4.96. The highest BCUT2D eigenvalue weighted by Gasteiger charge is 2.04. The molecule has 2 aromatic carbocycles. The van der Waals surface area contributed by atoms with Gasteiger partial charge >= 0.3 is 0 Å². The minimum Gasteiger partial charge on any atom is -0.344 e. The van der Waals surface area contributed by atoms with Crippen molar-refractivity contribution in [2.45, 2.75) is 26.9 Å². The molecule has 0 aliphatic rings. The molecule has 0 bridgehead atoms. The normalized spacial score (nSPS) is 10.9. The number of aryl methyl sites for hydroxylation is 1. The zero-order chi connectivity index (χ0) is 16.9. The monoisotopic (exact) mass is 321 g/mol. The third kappa shape index (κ3) is 3.84. The average molecular weight is 321 g/mol. The molecule has 0 spiro atoms. The molecule has 0 aliphatic heterocycles. The van der Waals surface area contributed by atoms with Crippen LogP contribution in [-0.4, -0.2) is 17.0 Å². The van der Waals surface area contributed by atoms with Crippen molar-refractivity contribution >= 4 is 22.5 Å². The largest absolute Gasteiger partial charge is 0.344 e. The number of carbonyl (C=O) groups is 1. The van der Waals surface area contributed by atoms with Gasteiger partial charge in [-0.15, -0.1) is 0 Å². The highest BCUT2D eigenvalue weighted by atomic mass is 16.1. The first-order chi connectivity index (χ1) is 11.6. The molecule has 0 aliphatic carbocycles. The van der Waals surface area contributed by atoms with E-state index in [4.69, 9.17) is 0 Å². The lowest BCUT2D eigenvalue weighted by Gasteiger charge is -2.10. The van der Waals surface area contributed by atoms with E-state index in [1.165, 1.54) is 29.1 Å². The summed E-state index contributed by atoms with van der Waals surface area (Å²) in [6.07, 6.45) is 0. The maximum Gasteiger partial charge on any atom is 0.221 e. The second-order valence-electron chi connectivity index (χ2n) is 6.05. The van der Waals surface area contributed by atoms with Crippen LogP contribution in [0.25, 0.3) is 10.9 Å². The molecule has 4 nitrogen and oxygen atoms in total. The number of benzene rings is 2. The summed E-state index contributed by atoms with van der Waals surface area (Å²) in [6, 6.07) is 18.7. The van der Waals surface area contributed by atoms with Gasteiger partial charge in [0.25, 0.3) is 0 Å². The summed E-state index contributed by atoms with van der Waals surface area (Å²) in [6.45, 7) is 6.35. The smallest absolute Gasteiger partial charge is 0.221 e. The van der Waals surface area contributed by atoms with Gasteiger partial charge in [-0.3, -0.25) is 4.79 Å². The molecule has 0 saturated heterocycles. The van der Waals surface area contributed by atoms with Crippen LogP contribution in [0.3, 0.4) is 0 Å². The summed E-state index contributed by atoms with van der Waals surface area (Å²) in [7, 11) is 0. The minimum atomic E-state index is -0.0461. The van der Waals surface area contributed by atoms with Gasteiger partial charge < -0.3 is 15.2 Å². The van der Waals surface area contributed by atoms with Gasteiger partial charge in [0.2, 0.25) is 5.91 Å². The topological polar surface area (TPSA) is 46.1 Å². The number of nitrogens with zero attached hydrogens (tertiary/aromatic N) is 1. The number of aromatic nitrogens is 1. The molecule has 124 valence electrons. The number of anilines is 1. The summed E-state index contributed by atoms with van der Waals surface area (Å²) < 4.78 is 2.35. The Morgan fingerprint density at radius 2 is 1.83 bits per heavy atom. The predicted molar refractivity (Wildman–Crippen MR) is 99.1 cm³/mol. The standard InChI is InChI=1S/C20H23N3O/c1-15-13-18-5-3-4-6-20(18)23(15)12-11-21-14-17-7-9-19(10-8-17)22-16(2)24/h3-10,13,21H,11-12,14H2,1-2H3,(H,22,24). The number of rotatable bonds is 6. The second kappa shape index (κ2) is 7.32. The number of hydrogen-bond acceptors (Lipinski definition) is 2. The van der Waals surface area contributed by atoms with Gasteiger partial charge in [-0.1, -0.05) is 30.3 Å². The van der Waals surface area contributed by atoms with Crippen LogP contribution in [0, 0.1) is 6.92 Å². The van der Waals surface area contributed by atoms with Gasteiger partial charge in [0, 0.05) is 43.5 Å². The van der Waals surface area contributed by atoms with Crippen molar-refractivity contribution in [3.63, 3.8) is 0 Å². The first-order valence-corrected chi connectivity index (χ1v) is 8.25. The Morgan fingerprint density at radius 3 is 2.58 bits per heavy atom. The van der Waals surface area contributed by atoms with E-state index in [9.17, 15) is 4.79 Å². The van der Waals surface area contributed by atoms with Crippen LogP contribution in [-0.2, 0) is 17.9 Å². The SMILES string of the molecule is CC(=O)Nc1ccc(CNCCn2c(C)cc3ccccc32)cc1. The zero-order valence-corrected chi connectivity index (χ0v) is 14.2. The van der Waals surface area contributed by atoms with Gasteiger partial charge in [0.05, 0.1) is 0 Å². The third-order valence-corrected chi connectivity index (χ3v) is 4.13. The lowest BCUT2D eigenvalue weighted by atomic mass is 10.2. The van der Waals surface area contributed by atoms with Crippen LogP contribution in [0.4, 0.5) is 5.69 Å². The van der Waals surface area contributed by atoms with Crippen molar-refractivity contribution < 1.29 is 4.79 Å². The summed E-state index contributed by atoms with van der Waals surface area (Å²) in [5, 5.41) is 7.56. The van der Waals surface area contributed by atoms with Crippen LogP contribution in [0.1, 0.15) is 18.2 Å². The van der Waals surface area contributed by atoms with E-state index in [0.717, 1.165) is 25.3 Å². The van der Waals surface area contributed by atoms with Gasteiger partial charge in [0.15, 0.2) is 0 Å². The molecule has 24 heavy (non-hydrogen) atoms. The fourth-order valence-corrected chi connectivity index (χ4v) is 2.98. The average Bonchev–Trinajstić information content (AvgIpc) is 2.88. The quantitative estimate of drug-likeness (QED) is 0.680. The second-order valence-corrected chi connectivity index (χ2v) is 6.05. The predicted octanol–water partition coefficient (Wildman–Crippen LogP) is 3.70. The van der Waals surface area contributed by atoms with Crippen molar-refractivity contribution in [2.75, 3.05) is 11.9 Å². The number of amides is 1. The maximum absolute atomic E-state index is 11.0. The van der Waals surface area contributed by atoms with E-state index >= 15 is 0 Å². The summed E-state index contributed by atoms with van der Waals surface area (Å²) in [4.78, 5) is 11.0. The Bertz CT molecular complexity index is 834. The fourth-order valence-electron chi connectivity index (χ4n) is 2.98. The van der Waals surface area contributed by atoms with Crippen molar-refractivity contribution in [3.05, 3.63) is 65.9 Å². The summed E-state index contributed by atoms with van der Waals surface area (Å²) >= 11 is 0.